The molecule has 0 aromatic heterocycles. The van der Waals surface area contributed by atoms with Crippen molar-refractivity contribution in [1.29, 1.82) is 0 Å². The number of hydrogen-bond acceptors (Lipinski definition) is 9. The van der Waals surface area contributed by atoms with Gasteiger partial charge in [-0.3, -0.25) is 9.59 Å². The Kier molecular flexibility index (Phi) is 7.85. The molecular weight excluding hydrogens is 480 g/mol. The molecule has 3 rings (SSSR count). The largest absolute Gasteiger partial charge is 0.514 e. The molecule has 2 amide bonds. The molecule has 0 spiro atoms. The van der Waals surface area contributed by atoms with E-state index in [2.05, 4.69) is 0 Å². The molecule has 2 aromatic rings. The predicted molar refractivity (Wildman–Crippen MR) is 123 cm³/mol. The first-order valence-corrected chi connectivity index (χ1v) is 12.5. The maximum Gasteiger partial charge on any atom is 0.514 e. The molecule has 12 heteroatoms. The zero-order valence-electron chi connectivity index (χ0n) is 19.8. The Labute approximate surface area is 203 Å². The molecule has 1 aliphatic rings. The van der Waals surface area contributed by atoms with E-state index in [1.807, 2.05) is 0 Å². The molecule has 0 saturated carbocycles. The van der Waals surface area contributed by atoms with Crippen LogP contribution in [0.25, 0.3) is 0 Å². The van der Waals surface area contributed by atoms with Crippen LogP contribution >= 0.6 is 0 Å². The van der Waals surface area contributed by atoms with Gasteiger partial charge >= 0.3 is 6.16 Å². The molecule has 1 fully saturated rings. The summed E-state index contributed by atoms with van der Waals surface area (Å²) in [6.45, 7) is 2.18. The minimum Gasteiger partial charge on any atom is -0.493 e. The molecule has 0 N–H and O–H groups in total. The topological polar surface area (TPSA) is 129 Å². The summed E-state index contributed by atoms with van der Waals surface area (Å²) in [5.41, 5.74) is 0.0778. The number of hydrazine groups is 1. The number of carbonyl (C=O) groups excluding carboxylic acids is 3. The van der Waals surface area contributed by atoms with E-state index >= 15 is 0 Å². The van der Waals surface area contributed by atoms with Crippen LogP contribution in [0.4, 0.5) is 4.79 Å². The van der Waals surface area contributed by atoms with Gasteiger partial charge < -0.3 is 18.9 Å². The molecule has 1 heterocycles. The molecule has 0 unspecified atom stereocenters. The van der Waals surface area contributed by atoms with Crippen molar-refractivity contribution in [3.05, 3.63) is 47.5 Å². The molecule has 1 saturated heterocycles. The second-order valence-corrected chi connectivity index (χ2v) is 9.46. The van der Waals surface area contributed by atoms with Crippen LogP contribution in [0.15, 0.2) is 41.3 Å². The number of rotatable bonds is 7. The number of amides is 2. The number of methoxy groups -OCH3 is 2. The van der Waals surface area contributed by atoms with Gasteiger partial charge in [-0.05, 0) is 37.6 Å². The normalized spacial score (nSPS) is 13.4. The van der Waals surface area contributed by atoms with Gasteiger partial charge in [0.1, 0.15) is 0 Å². The van der Waals surface area contributed by atoms with Crippen molar-refractivity contribution in [2.45, 2.75) is 18.2 Å². The SMILES string of the molecule is CCOC(=O)Oc1c(OC)cc(C(=O)N2CCCN2C(=O)c2ccccc2S(C)(=O)=O)cc1OC. The summed E-state index contributed by atoms with van der Waals surface area (Å²) in [6, 6.07) is 8.55. The van der Waals surface area contributed by atoms with Crippen molar-refractivity contribution < 1.29 is 41.7 Å². The van der Waals surface area contributed by atoms with E-state index in [9.17, 15) is 22.8 Å². The molecule has 188 valence electrons. The van der Waals surface area contributed by atoms with Gasteiger partial charge in [0.2, 0.25) is 5.75 Å². The number of hydrogen-bond donors (Lipinski definition) is 0. The molecule has 0 aliphatic carbocycles. The average molecular weight is 507 g/mol. The lowest BCUT2D eigenvalue weighted by Crippen LogP contribution is -2.45. The third kappa shape index (κ3) is 5.48. The van der Waals surface area contributed by atoms with E-state index < -0.39 is 27.8 Å². The van der Waals surface area contributed by atoms with Gasteiger partial charge in [-0.1, -0.05) is 12.1 Å². The summed E-state index contributed by atoms with van der Waals surface area (Å²) >= 11 is 0. The monoisotopic (exact) mass is 506 g/mol. The van der Waals surface area contributed by atoms with Crippen molar-refractivity contribution in [2.24, 2.45) is 0 Å². The Morgan fingerprint density at radius 3 is 2.06 bits per heavy atom. The second kappa shape index (κ2) is 10.6. The fraction of sp³-hybridized carbons (Fsp3) is 0.348. The van der Waals surface area contributed by atoms with Gasteiger partial charge in [0, 0.05) is 24.9 Å². The quantitative estimate of drug-likeness (QED) is 0.411. The lowest BCUT2D eigenvalue weighted by Gasteiger charge is -2.28. The first kappa shape index (κ1) is 25.8. The highest BCUT2D eigenvalue weighted by Crippen LogP contribution is 2.39. The fourth-order valence-corrected chi connectivity index (χ4v) is 4.50. The predicted octanol–water partition coefficient (Wildman–Crippen LogP) is 2.55. The molecule has 0 bridgehead atoms. The van der Waals surface area contributed by atoms with Gasteiger partial charge in [-0.15, -0.1) is 0 Å². The second-order valence-electron chi connectivity index (χ2n) is 7.47. The molecule has 35 heavy (non-hydrogen) atoms. The highest BCUT2D eigenvalue weighted by molar-refractivity contribution is 7.90. The zero-order chi connectivity index (χ0) is 25.8. The van der Waals surface area contributed by atoms with Gasteiger partial charge in [0.25, 0.3) is 11.8 Å². The highest BCUT2D eigenvalue weighted by atomic mass is 32.2. The van der Waals surface area contributed by atoms with Gasteiger partial charge in [0.15, 0.2) is 21.3 Å². The van der Waals surface area contributed by atoms with E-state index in [0.29, 0.717) is 6.42 Å². The Balaban J connectivity index is 1.95. The standard InChI is InChI=1S/C23H26N2O9S/c1-5-33-23(28)34-20-17(31-2)13-15(14-18(20)32-3)21(26)24-11-8-12-25(24)22(27)16-9-6-7-10-19(16)35(4,29)30/h6-7,9-10,13-14H,5,8,11-12H2,1-4H3. The van der Waals surface area contributed by atoms with Crippen molar-refractivity contribution in [3.63, 3.8) is 0 Å². The smallest absolute Gasteiger partial charge is 0.493 e. The Hall–Kier alpha value is -3.80. The molecule has 2 aromatic carbocycles. The van der Waals surface area contributed by atoms with E-state index in [1.54, 1.807) is 13.0 Å². The van der Waals surface area contributed by atoms with E-state index in [-0.39, 0.29) is 53.0 Å². The summed E-state index contributed by atoms with van der Waals surface area (Å²) in [4.78, 5) is 38.4. The average Bonchev–Trinajstić information content (AvgIpc) is 3.32. The third-order valence-electron chi connectivity index (χ3n) is 5.17. The number of sulfone groups is 1. The van der Waals surface area contributed by atoms with Crippen molar-refractivity contribution in [3.8, 4) is 17.2 Å². The first-order valence-electron chi connectivity index (χ1n) is 10.7. The Bertz CT molecular complexity index is 1220. The minimum atomic E-state index is -3.67. The van der Waals surface area contributed by atoms with Gasteiger partial charge in [0.05, 0.1) is 31.3 Å². The number of nitrogens with zero attached hydrogens (tertiary/aromatic N) is 2. The molecular formula is C23H26N2O9S. The number of carbonyl (C=O) groups is 3. The lowest BCUT2D eigenvalue weighted by molar-refractivity contribution is 0.0183. The third-order valence-corrected chi connectivity index (χ3v) is 6.33. The van der Waals surface area contributed by atoms with Crippen LogP contribution in [-0.4, -0.2) is 76.6 Å². The van der Waals surface area contributed by atoms with Gasteiger partial charge in [-0.2, -0.15) is 0 Å². The minimum absolute atomic E-state index is 0.0250. The first-order chi connectivity index (χ1) is 16.6. The molecule has 0 radical (unpaired) electrons. The maximum absolute atomic E-state index is 13.4. The fourth-order valence-electron chi connectivity index (χ4n) is 3.62. The number of ether oxygens (including phenoxy) is 4. The van der Waals surface area contributed by atoms with E-state index in [1.165, 1.54) is 54.6 Å². The molecule has 11 nitrogen and oxygen atoms in total. The van der Waals surface area contributed by atoms with E-state index in [0.717, 1.165) is 6.26 Å². The van der Waals surface area contributed by atoms with Gasteiger partial charge in [-0.25, -0.2) is 23.2 Å². The van der Waals surface area contributed by atoms with Crippen molar-refractivity contribution in [1.82, 2.24) is 10.0 Å². The van der Waals surface area contributed by atoms with Crippen LogP contribution in [0, 0.1) is 0 Å². The van der Waals surface area contributed by atoms with E-state index in [4.69, 9.17) is 18.9 Å². The summed E-state index contributed by atoms with van der Waals surface area (Å²) in [6.07, 6.45) is 0.547. The molecule has 0 atom stereocenters. The van der Waals surface area contributed by atoms with Crippen LogP contribution < -0.4 is 14.2 Å². The van der Waals surface area contributed by atoms with Crippen LogP contribution in [0.2, 0.25) is 0 Å². The van der Waals surface area contributed by atoms with Crippen molar-refractivity contribution in [2.75, 3.05) is 40.2 Å². The van der Waals surface area contributed by atoms with Crippen molar-refractivity contribution >= 4 is 27.8 Å². The summed E-state index contributed by atoms with van der Waals surface area (Å²) in [5.74, 6) is -1.15. The van der Waals surface area contributed by atoms with Crippen LogP contribution in [0.3, 0.4) is 0 Å². The summed E-state index contributed by atoms with van der Waals surface area (Å²) in [5, 5.41) is 2.45. The molecule has 1 aliphatic heterocycles. The Morgan fingerprint density at radius 2 is 1.51 bits per heavy atom. The maximum atomic E-state index is 13.4. The van der Waals surface area contributed by atoms with Crippen LogP contribution in [-0.2, 0) is 14.6 Å². The zero-order valence-corrected chi connectivity index (χ0v) is 20.6. The summed E-state index contributed by atoms with van der Waals surface area (Å²) < 4.78 is 44.9. The summed E-state index contributed by atoms with van der Waals surface area (Å²) in [7, 11) is -1.01. The lowest BCUT2D eigenvalue weighted by atomic mass is 10.1. The van der Waals surface area contributed by atoms with Crippen LogP contribution in [0.1, 0.15) is 34.1 Å². The van der Waals surface area contributed by atoms with Crippen LogP contribution in [0.5, 0.6) is 17.2 Å². The Morgan fingerprint density at radius 1 is 0.943 bits per heavy atom. The number of benzene rings is 2. The highest BCUT2D eigenvalue weighted by Gasteiger charge is 2.34.